The van der Waals surface area contributed by atoms with Crippen molar-refractivity contribution in [2.45, 2.75) is 17.9 Å². The molecule has 0 amide bonds. The second kappa shape index (κ2) is 3.15. The lowest BCUT2D eigenvalue weighted by Gasteiger charge is -2.06. The van der Waals surface area contributed by atoms with Crippen molar-refractivity contribution in [1.29, 1.82) is 0 Å². The maximum absolute atomic E-state index is 13.3. The minimum absolute atomic E-state index is 0.00907. The summed E-state index contributed by atoms with van der Waals surface area (Å²) in [6.07, 6.45) is 1.31. The molecule has 5 heteroatoms. The normalized spacial score (nSPS) is 19.5. The highest BCUT2D eigenvalue weighted by Crippen LogP contribution is 2.35. The van der Waals surface area contributed by atoms with Crippen LogP contribution in [0.1, 0.15) is 12.5 Å². The zero-order valence-electron chi connectivity index (χ0n) is 8.07. The van der Waals surface area contributed by atoms with Crippen molar-refractivity contribution in [1.82, 2.24) is 0 Å². The lowest BCUT2D eigenvalue weighted by atomic mass is 10.2. The van der Waals surface area contributed by atoms with Gasteiger partial charge in [0.1, 0.15) is 5.82 Å². The second-order valence-corrected chi connectivity index (χ2v) is 5.41. The number of nitrogens with two attached hydrogens (primary N) is 1. The lowest BCUT2D eigenvalue weighted by molar-refractivity contribution is 0.595. The van der Waals surface area contributed by atoms with Crippen molar-refractivity contribution in [3.8, 4) is 0 Å². The molecule has 0 radical (unpaired) electrons. The van der Waals surface area contributed by atoms with Gasteiger partial charge in [0.05, 0.1) is 9.80 Å². The summed E-state index contributed by atoms with van der Waals surface area (Å²) >= 11 is 0. The molecule has 1 heterocycles. The first-order valence-corrected chi connectivity index (χ1v) is 5.93. The molecule has 2 N–H and O–H groups in total. The van der Waals surface area contributed by atoms with Crippen molar-refractivity contribution in [3.05, 3.63) is 34.5 Å². The van der Waals surface area contributed by atoms with Crippen LogP contribution in [0.2, 0.25) is 0 Å². The third kappa shape index (κ3) is 1.39. The smallest absolute Gasteiger partial charge is 0.205 e. The molecule has 80 valence electrons. The molecule has 1 aliphatic rings. The van der Waals surface area contributed by atoms with E-state index in [0.29, 0.717) is 0 Å². The number of sulfone groups is 1. The molecule has 1 unspecified atom stereocenters. The van der Waals surface area contributed by atoms with Gasteiger partial charge in [-0.2, -0.15) is 0 Å². The number of benzene rings is 1. The molecule has 2 rings (SSSR count). The highest BCUT2D eigenvalue weighted by molar-refractivity contribution is 7.96. The van der Waals surface area contributed by atoms with Gasteiger partial charge in [-0.3, -0.25) is 0 Å². The van der Waals surface area contributed by atoms with E-state index < -0.39 is 21.7 Å². The van der Waals surface area contributed by atoms with Crippen molar-refractivity contribution in [3.63, 3.8) is 0 Å². The van der Waals surface area contributed by atoms with E-state index in [2.05, 4.69) is 0 Å². The Kier molecular flexibility index (Phi) is 2.17. The maximum Gasteiger partial charge on any atom is 0.205 e. The van der Waals surface area contributed by atoms with Gasteiger partial charge >= 0.3 is 0 Å². The number of halogens is 1. The maximum atomic E-state index is 13.3. The molecule has 0 saturated carbocycles. The first-order valence-electron chi connectivity index (χ1n) is 4.45. The predicted octanol–water partition coefficient (Wildman–Crippen LogP) is 1.30. The standard InChI is InChI=1S/C10H10FNO2S/c1-6(12)10-5-7-8(11)3-2-4-9(7)15(10,13)14/h2-6H,12H2,1H3. The summed E-state index contributed by atoms with van der Waals surface area (Å²) in [5.41, 5.74) is 5.65. The predicted molar refractivity (Wildman–Crippen MR) is 55.2 cm³/mol. The van der Waals surface area contributed by atoms with Crippen molar-refractivity contribution < 1.29 is 12.8 Å². The van der Waals surface area contributed by atoms with E-state index in [1.165, 1.54) is 24.3 Å². The van der Waals surface area contributed by atoms with Crippen LogP contribution >= 0.6 is 0 Å². The van der Waals surface area contributed by atoms with Crippen LogP contribution in [-0.2, 0) is 9.84 Å². The molecule has 0 spiro atoms. The van der Waals surface area contributed by atoms with E-state index in [1.807, 2.05) is 0 Å². The van der Waals surface area contributed by atoms with Gasteiger partial charge in [-0.1, -0.05) is 6.07 Å². The third-order valence-corrected chi connectivity index (χ3v) is 4.39. The van der Waals surface area contributed by atoms with Crippen LogP contribution in [0, 0.1) is 5.82 Å². The fourth-order valence-electron chi connectivity index (χ4n) is 1.61. The quantitative estimate of drug-likeness (QED) is 0.786. The van der Waals surface area contributed by atoms with Crippen LogP contribution in [0.5, 0.6) is 0 Å². The molecule has 1 aromatic rings. The van der Waals surface area contributed by atoms with E-state index in [4.69, 9.17) is 5.73 Å². The van der Waals surface area contributed by atoms with Crippen LogP contribution in [0.25, 0.3) is 6.08 Å². The summed E-state index contributed by atoms with van der Waals surface area (Å²) in [4.78, 5) is 0.0809. The fourth-order valence-corrected chi connectivity index (χ4v) is 3.33. The minimum Gasteiger partial charge on any atom is -0.324 e. The Hall–Kier alpha value is -1.20. The van der Waals surface area contributed by atoms with Crippen LogP contribution in [0.15, 0.2) is 28.0 Å². The summed E-state index contributed by atoms with van der Waals surface area (Å²) in [5.74, 6) is -0.535. The Balaban J connectivity index is 2.75. The van der Waals surface area contributed by atoms with Gasteiger partial charge in [-0.15, -0.1) is 0 Å². The number of rotatable bonds is 1. The van der Waals surface area contributed by atoms with Gasteiger partial charge in [-0.25, -0.2) is 12.8 Å². The zero-order chi connectivity index (χ0) is 11.2. The molecule has 3 nitrogen and oxygen atoms in total. The van der Waals surface area contributed by atoms with Gasteiger partial charge < -0.3 is 5.73 Å². The van der Waals surface area contributed by atoms with E-state index in [-0.39, 0.29) is 15.4 Å². The Morgan fingerprint density at radius 1 is 1.40 bits per heavy atom. The number of fused-ring (bicyclic) bond motifs is 1. The molecule has 1 aliphatic heterocycles. The topological polar surface area (TPSA) is 60.2 Å². The SMILES string of the molecule is CC(N)C1=Cc2c(F)cccc2S1(=O)=O. The van der Waals surface area contributed by atoms with Gasteiger partial charge in [0.15, 0.2) is 0 Å². The first kappa shape index (κ1) is 10.3. The zero-order valence-corrected chi connectivity index (χ0v) is 8.88. The van der Waals surface area contributed by atoms with E-state index >= 15 is 0 Å². The molecule has 0 aromatic heterocycles. The molecular formula is C10H10FNO2S. The van der Waals surface area contributed by atoms with Gasteiger partial charge in [0.2, 0.25) is 9.84 Å². The third-order valence-electron chi connectivity index (χ3n) is 2.35. The van der Waals surface area contributed by atoms with E-state index in [9.17, 15) is 12.8 Å². The van der Waals surface area contributed by atoms with Gasteiger partial charge in [0.25, 0.3) is 0 Å². The summed E-state index contributed by atoms with van der Waals surface area (Å²) in [7, 11) is -3.57. The molecular weight excluding hydrogens is 217 g/mol. The Labute approximate surface area is 87.3 Å². The Morgan fingerprint density at radius 2 is 2.07 bits per heavy atom. The van der Waals surface area contributed by atoms with Crippen molar-refractivity contribution >= 4 is 15.9 Å². The fraction of sp³-hybridized carbons (Fsp3) is 0.200. The Bertz CT molecular complexity index is 547. The minimum atomic E-state index is -3.57. The monoisotopic (exact) mass is 227 g/mol. The molecule has 1 aromatic carbocycles. The van der Waals surface area contributed by atoms with Crippen LogP contribution in [0.4, 0.5) is 4.39 Å². The van der Waals surface area contributed by atoms with Crippen LogP contribution in [0.3, 0.4) is 0 Å². The van der Waals surface area contributed by atoms with Crippen LogP contribution < -0.4 is 5.73 Å². The summed E-state index contributed by atoms with van der Waals surface area (Å²) in [5, 5.41) is 0. The summed E-state index contributed by atoms with van der Waals surface area (Å²) in [6.45, 7) is 1.56. The number of hydrogen-bond acceptors (Lipinski definition) is 3. The van der Waals surface area contributed by atoms with E-state index in [0.717, 1.165) is 0 Å². The summed E-state index contributed by atoms with van der Waals surface area (Å²) in [6, 6.07) is 3.37. The highest BCUT2D eigenvalue weighted by Gasteiger charge is 2.32. The van der Waals surface area contributed by atoms with E-state index in [1.54, 1.807) is 6.92 Å². The second-order valence-electron chi connectivity index (χ2n) is 3.49. The molecule has 0 bridgehead atoms. The Morgan fingerprint density at radius 3 is 2.60 bits per heavy atom. The molecule has 0 fully saturated rings. The van der Waals surface area contributed by atoms with Gasteiger partial charge in [-0.05, 0) is 25.1 Å². The molecule has 15 heavy (non-hydrogen) atoms. The molecule has 0 saturated heterocycles. The van der Waals surface area contributed by atoms with Gasteiger partial charge in [0, 0.05) is 11.6 Å². The molecule has 0 aliphatic carbocycles. The first-order chi connectivity index (χ1) is 6.94. The summed E-state index contributed by atoms with van der Waals surface area (Å²) < 4.78 is 37.0. The highest BCUT2D eigenvalue weighted by atomic mass is 32.2. The number of hydrogen-bond donors (Lipinski definition) is 1. The van der Waals surface area contributed by atoms with Crippen molar-refractivity contribution in [2.24, 2.45) is 5.73 Å². The average Bonchev–Trinajstić information content (AvgIpc) is 2.40. The average molecular weight is 227 g/mol. The molecule has 1 atom stereocenters. The van der Waals surface area contributed by atoms with Crippen LogP contribution in [-0.4, -0.2) is 14.5 Å². The largest absolute Gasteiger partial charge is 0.324 e. The lowest BCUT2D eigenvalue weighted by Crippen LogP contribution is -2.21. The van der Waals surface area contributed by atoms with Crippen molar-refractivity contribution in [2.75, 3.05) is 0 Å².